The summed E-state index contributed by atoms with van der Waals surface area (Å²) in [5.74, 6) is -1.06. The average molecular weight is 942 g/mol. The van der Waals surface area contributed by atoms with Crippen LogP contribution < -0.4 is 10.6 Å². The number of fused-ring (bicyclic) bond motifs is 2. The van der Waals surface area contributed by atoms with Crippen LogP contribution in [0.2, 0.25) is 0 Å². The molecule has 0 spiro atoms. The lowest BCUT2D eigenvalue weighted by Gasteiger charge is -2.36. The number of benzene rings is 2. The topological polar surface area (TPSA) is 273 Å². The van der Waals surface area contributed by atoms with Crippen molar-refractivity contribution in [3.63, 3.8) is 0 Å². The third-order valence-corrected chi connectivity index (χ3v) is 12.6. The fraction of sp³-hybridized carbons (Fsp3) is 0.326. The van der Waals surface area contributed by atoms with Crippen molar-refractivity contribution in [2.24, 2.45) is 0 Å². The number of aromatic nitrogens is 8. The fourth-order valence-electron chi connectivity index (χ4n) is 7.92. The van der Waals surface area contributed by atoms with Gasteiger partial charge in [-0.3, -0.25) is 32.3 Å². The van der Waals surface area contributed by atoms with Gasteiger partial charge >= 0.3 is 7.82 Å². The third-order valence-electron chi connectivity index (χ3n) is 11.1. The van der Waals surface area contributed by atoms with Crippen molar-refractivity contribution in [2.75, 3.05) is 30.5 Å². The first-order chi connectivity index (χ1) is 32.4. The molecule has 0 saturated carbocycles. The summed E-state index contributed by atoms with van der Waals surface area (Å²) in [7, 11) is -5.34. The van der Waals surface area contributed by atoms with Gasteiger partial charge in [0.2, 0.25) is 0 Å². The molecule has 67 heavy (non-hydrogen) atoms. The molecular weight excluding hydrogens is 900 g/mol. The highest BCUT2D eigenvalue weighted by Crippen LogP contribution is 2.60. The van der Waals surface area contributed by atoms with Gasteiger partial charge in [0.1, 0.15) is 36.1 Å². The van der Waals surface area contributed by atoms with Crippen LogP contribution in [0.4, 0.5) is 20.4 Å². The molecule has 2 aromatic carbocycles. The quantitative estimate of drug-likeness (QED) is 0.0454. The van der Waals surface area contributed by atoms with Crippen molar-refractivity contribution in [3.05, 3.63) is 122 Å². The van der Waals surface area contributed by atoms with E-state index in [0.717, 1.165) is 34.4 Å². The van der Waals surface area contributed by atoms with Crippen LogP contribution in [0.15, 0.2) is 111 Å². The molecule has 8 atom stereocenters. The predicted octanol–water partition coefficient (Wildman–Crippen LogP) is 5.33. The monoisotopic (exact) mass is 941 g/mol. The molecule has 4 aromatic heterocycles. The number of rotatable bonds is 19. The molecule has 21 nitrogen and oxygen atoms in total. The number of hydrogen-bond donors (Lipinski definition) is 4. The molecule has 0 aliphatic carbocycles. The summed E-state index contributed by atoms with van der Waals surface area (Å²) in [6.45, 7) is 4.88. The molecule has 2 saturated heterocycles. The average Bonchev–Trinajstić information content (AvgIpc) is 4.10. The van der Waals surface area contributed by atoms with Crippen LogP contribution in [0.3, 0.4) is 0 Å². The molecule has 6 aromatic rings. The smallest absolute Gasteiger partial charge is 0.393 e. The zero-order chi connectivity index (χ0) is 47.3. The number of phosphoric acid groups is 1. The maximum atomic E-state index is 17.3. The van der Waals surface area contributed by atoms with E-state index in [-0.39, 0.29) is 53.2 Å². The van der Waals surface area contributed by atoms with Gasteiger partial charge in [0.05, 0.1) is 45.0 Å². The van der Waals surface area contributed by atoms with E-state index in [1.807, 2.05) is 6.07 Å². The van der Waals surface area contributed by atoms with Gasteiger partial charge in [-0.05, 0) is 37.1 Å². The van der Waals surface area contributed by atoms with E-state index in [9.17, 15) is 25.1 Å². The Morgan fingerprint density at radius 1 is 0.761 bits per heavy atom. The van der Waals surface area contributed by atoms with Gasteiger partial charge in [-0.15, -0.1) is 13.2 Å². The van der Waals surface area contributed by atoms with Gasteiger partial charge in [-0.2, -0.15) is 5.26 Å². The van der Waals surface area contributed by atoms with E-state index in [1.165, 1.54) is 12.2 Å². The molecule has 24 heteroatoms. The lowest BCUT2D eigenvalue weighted by atomic mass is 9.93. The van der Waals surface area contributed by atoms with E-state index in [2.05, 4.69) is 53.7 Å². The van der Waals surface area contributed by atoms with Crippen LogP contribution in [0.1, 0.15) is 52.4 Å². The maximum absolute atomic E-state index is 17.3. The van der Waals surface area contributed by atoms with Crippen molar-refractivity contribution in [1.29, 1.82) is 5.26 Å². The van der Waals surface area contributed by atoms with Gasteiger partial charge in [-0.1, -0.05) is 48.6 Å². The Labute approximate surface area is 379 Å². The van der Waals surface area contributed by atoms with Crippen molar-refractivity contribution < 1.29 is 56.2 Å². The van der Waals surface area contributed by atoms with Crippen LogP contribution in [0.25, 0.3) is 22.3 Å². The lowest BCUT2D eigenvalue weighted by molar-refractivity contribution is -0.135. The number of halogens is 2. The molecule has 2 aliphatic heterocycles. The molecule has 8 rings (SSSR count). The molecular formula is C43H42F2N11O10P. The number of alkyl halides is 2. The van der Waals surface area contributed by atoms with E-state index in [1.54, 1.807) is 60.7 Å². The summed E-state index contributed by atoms with van der Waals surface area (Å²) in [5.41, 5.74) is -3.45. The van der Waals surface area contributed by atoms with E-state index >= 15 is 13.3 Å². The minimum atomic E-state index is -5.34. The van der Waals surface area contributed by atoms with Crippen LogP contribution >= 0.6 is 7.82 Å². The van der Waals surface area contributed by atoms with Gasteiger partial charge in [0, 0.05) is 11.1 Å². The molecule has 0 unspecified atom stereocenters. The number of aliphatic hydroxyl groups is 2. The van der Waals surface area contributed by atoms with Gasteiger partial charge in [0.15, 0.2) is 58.8 Å². The molecule has 2 fully saturated rings. The molecule has 348 valence electrons. The number of carbonyl (C=O) groups excluding carboxylic acids is 2. The highest BCUT2D eigenvalue weighted by Gasteiger charge is 2.63. The van der Waals surface area contributed by atoms with Gasteiger partial charge in [-0.25, -0.2) is 43.2 Å². The predicted molar refractivity (Wildman–Crippen MR) is 232 cm³/mol. The molecule has 2 amide bonds. The second kappa shape index (κ2) is 19.6. The SMILES string of the molecule is C=CC[C@]1(CO)O[C@@H](n2cnc3c(NC(=O)c4ccccc4)ncnc32)[C@H](F)[C@@H]1OP(=O)(OCCC#N)O[C@H]1[C@@H](F)[C@H](n2cnc3c(NC(=O)c4ccccc4)ncnc32)O[C@@]1(CO)CC=C. The first kappa shape index (κ1) is 46.8. The summed E-state index contributed by atoms with van der Waals surface area (Å²) < 4.78 is 81.8. The van der Waals surface area contributed by atoms with Crippen LogP contribution in [0.5, 0.6) is 0 Å². The number of nitrogens with zero attached hydrogens (tertiary/aromatic N) is 9. The van der Waals surface area contributed by atoms with Crippen LogP contribution in [-0.4, -0.2) is 117 Å². The van der Waals surface area contributed by atoms with Crippen molar-refractivity contribution in [1.82, 2.24) is 39.0 Å². The largest absolute Gasteiger partial charge is 0.475 e. The van der Waals surface area contributed by atoms with Gasteiger partial charge in [0.25, 0.3) is 11.8 Å². The zero-order valence-corrected chi connectivity index (χ0v) is 36.1. The fourth-order valence-corrected chi connectivity index (χ4v) is 9.58. The number of hydrogen-bond acceptors (Lipinski definition) is 17. The minimum absolute atomic E-state index is 0.0155. The van der Waals surface area contributed by atoms with Crippen molar-refractivity contribution >= 4 is 53.6 Å². The number of nitrogens with one attached hydrogen (secondary N) is 2. The number of imidazole rings is 2. The van der Waals surface area contributed by atoms with Crippen LogP contribution in [0, 0.1) is 11.3 Å². The Kier molecular flexibility index (Phi) is 13.7. The summed E-state index contributed by atoms with van der Waals surface area (Å²) in [5, 5.41) is 36.5. The molecule has 0 radical (unpaired) electrons. The van der Waals surface area contributed by atoms with E-state index < -0.39 is 87.7 Å². The second-order valence-electron chi connectivity index (χ2n) is 15.3. The third kappa shape index (κ3) is 8.96. The maximum Gasteiger partial charge on any atom is 0.475 e. The van der Waals surface area contributed by atoms with Crippen molar-refractivity contribution in [3.8, 4) is 6.07 Å². The summed E-state index contributed by atoms with van der Waals surface area (Å²) in [6, 6.07) is 18.4. The Morgan fingerprint density at radius 2 is 1.19 bits per heavy atom. The highest BCUT2D eigenvalue weighted by molar-refractivity contribution is 7.48. The highest BCUT2D eigenvalue weighted by atomic mass is 31.2. The summed E-state index contributed by atoms with van der Waals surface area (Å²) >= 11 is 0. The first-order valence-electron chi connectivity index (χ1n) is 20.6. The number of phosphoric ester groups is 1. The Morgan fingerprint density at radius 3 is 1.58 bits per heavy atom. The first-order valence-corrected chi connectivity index (χ1v) is 22.0. The number of ether oxygens (including phenoxy) is 2. The molecule has 6 heterocycles. The second-order valence-corrected chi connectivity index (χ2v) is 16.9. The number of nitriles is 1. The zero-order valence-electron chi connectivity index (χ0n) is 35.2. The van der Waals surface area contributed by atoms with Crippen molar-refractivity contribution in [2.45, 2.75) is 67.5 Å². The van der Waals surface area contributed by atoms with Gasteiger partial charge < -0.3 is 30.3 Å². The molecule has 2 aliphatic rings. The summed E-state index contributed by atoms with van der Waals surface area (Å²) in [6.07, 6.45) is -6.11. The molecule has 4 N–H and O–H groups in total. The standard InChI is InChI=1S/C43H42F2N11O10P/c1-3-16-42(20-57)32(28(44)40(63-42)55-24-51-30-34(47-22-49-36(30)55)53-38(59)26-12-7-5-8-13-26)65-67(61,62-19-11-18-46)66-33-29(45)41(64-43(33,21-58)17-4-2)56-25-52-31-35(48-23-50-37(31)56)54-39(60)27-14-9-6-10-15-27/h3-10,12-15,22-25,28-29,32-33,40-41,57-58H,1-2,11,16-17,19-21H2,(H,47,49,53,59)(H,48,50,54,60)/t28-,29-,32+,33+,40-,41-,42-,43-/m1/s1. The number of carbonyl (C=O) groups is 2. The van der Waals surface area contributed by atoms with Crippen LogP contribution in [-0.2, 0) is 27.6 Å². The number of aliphatic hydroxyl groups excluding tert-OH is 2. The Bertz CT molecular complexity index is 2690. The normalized spacial score (nSPS) is 25.7. The van der Waals surface area contributed by atoms with E-state index in [4.69, 9.17) is 23.0 Å². The minimum Gasteiger partial charge on any atom is -0.393 e. The Hall–Kier alpha value is -6.74. The summed E-state index contributed by atoms with van der Waals surface area (Å²) in [4.78, 5) is 51.4. The number of amides is 2. The number of anilines is 2. The lowest BCUT2D eigenvalue weighted by Crippen LogP contribution is -2.48. The Balaban J connectivity index is 1.11. The molecule has 0 bridgehead atoms. The van der Waals surface area contributed by atoms with E-state index in [0.29, 0.717) is 11.1 Å².